The predicted octanol–water partition coefficient (Wildman–Crippen LogP) is 4.12. The zero-order valence-electron chi connectivity index (χ0n) is 17.4. The minimum Gasteiger partial charge on any atom is -0.354 e. The van der Waals surface area contributed by atoms with Crippen molar-refractivity contribution >= 4 is 11.8 Å². The van der Waals surface area contributed by atoms with Crippen molar-refractivity contribution in [1.82, 2.24) is 10.2 Å². The zero-order chi connectivity index (χ0) is 20.5. The van der Waals surface area contributed by atoms with Gasteiger partial charge in [-0.3, -0.25) is 9.59 Å². The van der Waals surface area contributed by atoms with Crippen molar-refractivity contribution in [3.63, 3.8) is 0 Å². The van der Waals surface area contributed by atoms with Crippen molar-refractivity contribution in [2.75, 3.05) is 6.54 Å². The summed E-state index contributed by atoms with van der Waals surface area (Å²) < 4.78 is 0. The Bertz CT molecular complexity index is 754. The predicted molar refractivity (Wildman–Crippen MR) is 114 cm³/mol. The normalized spacial score (nSPS) is 11.9. The SMILES string of the molecule is CC[C@@H](C(=O)NCC(C)C)N(Cc1ccccc1)C(=O)Cc1ccc(C)cc1. The third-order valence-electron chi connectivity index (χ3n) is 4.74. The lowest BCUT2D eigenvalue weighted by Crippen LogP contribution is -2.50. The summed E-state index contributed by atoms with van der Waals surface area (Å²) in [4.78, 5) is 27.7. The summed E-state index contributed by atoms with van der Waals surface area (Å²) in [7, 11) is 0. The van der Waals surface area contributed by atoms with Crippen LogP contribution in [-0.4, -0.2) is 29.3 Å². The summed E-state index contributed by atoms with van der Waals surface area (Å²) in [5.74, 6) is 0.260. The highest BCUT2D eigenvalue weighted by Gasteiger charge is 2.28. The van der Waals surface area contributed by atoms with Crippen LogP contribution in [0.15, 0.2) is 54.6 Å². The summed E-state index contributed by atoms with van der Waals surface area (Å²) in [6, 6.07) is 17.4. The minimum atomic E-state index is -0.475. The standard InChI is InChI=1S/C24H32N2O2/c1-5-22(24(28)25-16-18(2)3)26(17-21-9-7-6-8-10-21)23(27)15-20-13-11-19(4)12-14-20/h6-14,18,22H,5,15-17H2,1-4H3,(H,25,28)/t22-/m0/s1. The van der Waals surface area contributed by atoms with Gasteiger partial charge in [-0.15, -0.1) is 0 Å². The molecule has 0 heterocycles. The van der Waals surface area contributed by atoms with Crippen LogP contribution in [0, 0.1) is 12.8 Å². The number of benzene rings is 2. The molecule has 0 spiro atoms. The van der Waals surface area contributed by atoms with Crippen LogP contribution >= 0.6 is 0 Å². The van der Waals surface area contributed by atoms with Gasteiger partial charge in [0.1, 0.15) is 6.04 Å². The number of hydrogen-bond donors (Lipinski definition) is 1. The third kappa shape index (κ3) is 6.52. The molecule has 1 atom stereocenters. The molecule has 4 heteroatoms. The van der Waals surface area contributed by atoms with Crippen LogP contribution in [0.5, 0.6) is 0 Å². The second-order valence-electron chi connectivity index (χ2n) is 7.73. The van der Waals surface area contributed by atoms with Gasteiger partial charge in [-0.05, 0) is 30.4 Å². The van der Waals surface area contributed by atoms with Gasteiger partial charge >= 0.3 is 0 Å². The van der Waals surface area contributed by atoms with Crippen molar-refractivity contribution in [2.24, 2.45) is 5.92 Å². The first-order valence-corrected chi connectivity index (χ1v) is 10.1. The van der Waals surface area contributed by atoms with Crippen LogP contribution in [0.4, 0.5) is 0 Å². The van der Waals surface area contributed by atoms with Crippen molar-refractivity contribution in [2.45, 2.75) is 53.1 Å². The molecule has 28 heavy (non-hydrogen) atoms. The molecule has 0 aliphatic rings. The molecule has 0 aliphatic carbocycles. The molecule has 0 aliphatic heterocycles. The second kappa shape index (κ2) is 10.6. The number of nitrogens with one attached hydrogen (secondary N) is 1. The van der Waals surface area contributed by atoms with Crippen LogP contribution in [0.25, 0.3) is 0 Å². The zero-order valence-corrected chi connectivity index (χ0v) is 17.4. The van der Waals surface area contributed by atoms with Gasteiger partial charge in [-0.1, -0.05) is 80.9 Å². The van der Waals surface area contributed by atoms with Crippen molar-refractivity contribution < 1.29 is 9.59 Å². The van der Waals surface area contributed by atoms with Gasteiger partial charge in [-0.2, -0.15) is 0 Å². The number of carbonyl (C=O) groups is 2. The van der Waals surface area contributed by atoms with Gasteiger partial charge in [-0.25, -0.2) is 0 Å². The number of nitrogens with zero attached hydrogens (tertiary/aromatic N) is 1. The molecule has 0 bridgehead atoms. The Kier molecular flexibility index (Phi) is 8.24. The average Bonchev–Trinajstić information content (AvgIpc) is 2.68. The quantitative estimate of drug-likeness (QED) is 0.711. The fourth-order valence-electron chi connectivity index (χ4n) is 3.10. The summed E-state index contributed by atoms with van der Waals surface area (Å²) in [6.07, 6.45) is 0.872. The first-order valence-electron chi connectivity index (χ1n) is 10.1. The Hall–Kier alpha value is -2.62. The van der Waals surface area contributed by atoms with E-state index in [1.165, 1.54) is 0 Å². The van der Waals surface area contributed by atoms with Crippen LogP contribution in [0.1, 0.15) is 43.9 Å². The van der Waals surface area contributed by atoms with Crippen molar-refractivity contribution in [3.05, 3.63) is 71.3 Å². The molecular weight excluding hydrogens is 348 g/mol. The third-order valence-corrected chi connectivity index (χ3v) is 4.74. The van der Waals surface area contributed by atoms with E-state index in [-0.39, 0.29) is 11.8 Å². The Labute approximate surface area is 169 Å². The topological polar surface area (TPSA) is 49.4 Å². The van der Waals surface area contributed by atoms with Crippen molar-refractivity contribution in [3.8, 4) is 0 Å². The molecule has 2 amide bonds. The molecule has 2 aromatic rings. The highest BCUT2D eigenvalue weighted by Crippen LogP contribution is 2.15. The Morgan fingerprint density at radius 1 is 0.964 bits per heavy atom. The van der Waals surface area contributed by atoms with E-state index in [9.17, 15) is 9.59 Å². The molecule has 0 fully saturated rings. The number of rotatable bonds is 9. The first kappa shape index (κ1) is 21.7. The average molecular weight is 381 g/mol. The summed E-state index contributed by atoms with van der Waals surface area (Å²) >= 11 is 0. The molecule has 0 saturated heterocycles. The van der Waals surface area contributed by atoms with E-state index in [0.717, 1.165) is 16.7 Å². The molecule has 0 aromatic heterocycles. The molecule has 0 unspecified atom stereocenters. The summed E-state index contributed by atoms with van der Waals surface area (Å²) in [6.45, 7) is 9.15. The Morgan fingerprint density at radius 2 is 1.61 bits per heavy atom. The first-order chi connectivity index (χ1) is 13.4. The maximum atomic E-state index is 13.2. The highest BCUT2D eigenvalue weighted by molar-refractivity contribution is 5.88. The fraction of sp³-hybridized carbons (Fsp3) is 0.417. The molecule has 150 valence electrons. The monoisotopic (exact) mass is 380 g/mol. The highest BCUT2D eigenvalue weighted by atomic mass is 16.2. The van der Waals surface area contributed by atoms with E-state index in [4.69, 9.17) is 0 Å². The van der Waals surface area contributed by atoms with Gasteiger partial charge in [0.05, 0.1) is 6.42 Å². The van der Waals surface area contributed by atoms with E-state index in [0.29, 0.717) is 31.8 Å². The van der Waals surface area contributed by atoms with Gasteiger partial charge < -0.3 is 10.2 Å². The van der Waals surface area contributed by atoms with Gasteiger partial charge in [0.2, 0.25) is 11.8 Å². The minimum absolute atomic E-state index is 0.0285. The van der Waals surface area contributed by atoms with E-state index < -0.39 is 6.04 Å². The number of amides is 2. The van der Waals surface area contributed by atoms with E-state index in [2.05, 4.69) is 19.2 Å². The van der Waals surface area contributed by atoms with Crippen LogP contribution in [-0.2, 0) is 22.6 Å². The molecule has 4 nitrogen and oxygen atoms in total. The summed E-state index contributed by atoms with van der Waals surface area (Å²) in [5.41, 5.74) is 3.15. The molecule has 2 aromatic carbocycles. The lowest BCUT2D eigenvalue weighted by Gasteiger charge is -2.31. The fourth-order valence-corrected chi connectivity index (χ4v) is 3.10. The van der Waals surface area contributed by atoms with Crippen molar-refractivity contribution in [1.29, 1.82) is 0 Å². The van der Waals surface area contributed by atoms with Gasteiger partial charge in [0.25, 0.3) is 0 Å². The molecular formula is C24H32N2O2. The molecule has 0 saturated carbocycles. The molecule has 1 N–H and O–H groups in total. The van der Waals surface area contributed by atoms with Gasteiger partial charge in [0, 0.05) is 13.1 Å². The Morgan fingerprint density at radius 3 is 2.18 bits per heavy atom. The van der Waals surface area contributed by atoms with Crippen LogP contribution < -0.4 is 5.32 Å². The number of carbonyl (C=O) groups excluding carboxylic acids is 2. The lowest BCUT2D eigenvalue weighted by molar-refractivity contribution is -0.141. The number of hydrogen-bond acceptors (Lipinski definition) is 2. The Balaban J connectivity index is 2.22. The van der Waals surface area contributed by atoms with Crippen LogP contribution in [0.2, 0.25) is 0 Å². The largest absolute Gasteiger partial charge is 0.354 e. The summed E-state index contributed by atoms with van der Waals surface area (Å²) in [5, 5.41) is 2.99. The van der Waals surface area contributed by atoms with E-state index in [1.807, 2.05) is 68.4 Å². The van der Waals surface area contributed by atoms with E-state index in [1.54, 1.807) is 4.90 Å². The maximum Gasteiger partial charge on any atom is 0.242 e. The second-order valence-corrected chi connectivity index (χ2v) is 7.73. The lowest BCUT2D eigenvalue weighted by atomic mass is 10.1. The van der Waals surface area contributed by atoms with Gasteiger partial charge in [0.15, 0.2) is 0 Å². The maximum absolute atomic E-state index is 13.2. The molecule has 2 rings (SSSR count). The molecule has 0 radical (unpaired) electrons. The smallest absolute Gasteiger partial charge is 0.242 e. The van der Waals surface area contributed by atoms with Crippen LogP contribution in [0.3, 0.4) is 0 Å². The number of aryl methyl sites for hydroxylation is 1. The van der Waals surface area contributed by atoms with E-state index >= 15 is 0 Å².